The lowest BCUT2D eigenvalue weighted by Gasteiger charge is -1.99. The SMILES string of the molecule is Cc1cc2c([nH]c3c(C)cc(Br)cc32)c(C)n1. The molecule has 3 aromatic rings. The predicted octanol–water partition coefficient (Wildman–Crippen LogP) is 4.40. The van der Waals surface area contributed by atoms with Gasteiger partial charge >= 0.3 is 0 Å². The van der Waals surface area contributed by atoms with Crippen LogP contribution in [0.2, 0.25) is 0 Å². The molecule has 2 heterocycles. The van der Waals surface area contributed by atoms with E-state index in [1.54, 1.807) is 0 Å². The lowest BCUT2D eigenvalue weighted by Crippen LogP contribution is -1.86. The largest absolute Gasteiger partial charge is 0.353 e. The normalized spacial score (nSPS) is 11.5. The molecule has 0 spiro atoms. The van der Waals surface area contributed by atoms with Crippen molar-refractivity contribution >= 4 is 37.7 Å². The van der Waals surface area contributed by atoms with Crippen molar-refractivity contribution in [2.45, 2.75) is 20.8 Å². The van der Waals surface area contributed by atoms with Gasteiger partial charge in [0.15, 0.2) is 0 Å². The van der Waals surface area contributed by atoms with Crippen molar-refractivity contribution in [3.8, 4) is 0 Å². The average molecular weight is 289 g/mol. The highest BCUT2D eigenvalue weighted by Crippen LogP contribution is 2.31. The van der Waals surface area contributed by atoms with Crippen LogP contribution in [0, 0.1) is 20.8 Å². The number of H-pyrrole nitrogens is 1. The molecule has 0 aliphatic rings. The maximum Gasteiger partial charge on any atom is 0.0681 e. The minimum absolute atomic E-state index is 1.06. The van der Waals surface area contributed by atoms with Gasteiger partial charge in [-0.25, -0.2) is 0 Å². The summed E-state index contributed by atoms with van der Waals surface area (Å²) in [6.07, 6.45) is 0. The number of rotatable bonds is 0. The molecule has 0 saturated carbocycles. The van der Waals surface area contributed by atoms with Crippen molar-refractivity contribution in [3.63, 3.8) is 0 Å². The van der Waals surface area contributed by atoms with Gasteiger partial charge in [-0.3, -0.25) is 4.98 Å². The molecule has 0 radical (unpaired) electrons. The minimum atomic E-state index is 1.06. The van der Waals surface area contributed by atoms with Crippen LogP contribution in [0.4, 0.5) is 0 Å². The molecule has 0 aliphatic carbocycles. The Morgan fingerprint density at radius 1 is 1.00 bits per heavy atom. The Balaban J connectivity index is 2.60. The number of halogens is 1. The van der Waals surface area contributed by atoms with Crippen molar-refractivity contribution < 1.29 is 0 Å². The van der Waals surface area contributed by atoms with E-state index in [0.29, 0.717) is 0 Å². The van der Waals surface area contributed by atoms with E-state index < -0.39 is 0 Å². The molecule has 0 bridgehead atoms. The second kappa shape index (κ2) is 3.57. The second-order valence-corrected chi connectivity index (χ2v) is 5.46. The molecule has 3 rings (SSSR count). The summed E-state index contributed by atoms with van der Waals surface area (Å²) in [5.41, 5.74) is 5.73. The topological polar surface area (TPSA) is 28.7 Å². The molecule has 3 heteroatoms. The van der Waals surface area contributed by atoms with Gasteiger partial charge in [0.2, 0.25) is 0 Å². The van der Waals surface area contributed by atoms with Crippen molar-refractivity contribution in [1.29, 1.82) is 0 Å². The first-order valence-corrected chi connectivity index (χ1v) is 6.41. The van der Waals surface area contributed by atoms with Crippen LogP contribution in [-0.4, -0.2) is 9.97 Å². The summed E-state index contributed by atoms with van der Waals surface area (Å²) in [5, 5.41) is 2.52. The highest BCUT2D eigenvalue weighted by molar-refractivity contribution is 9.10. The van der Waals surface area contributed by atoms with Gasteiger partial charge in [0.1, 0.15) is 0 Å². The van der Waals surface area contributed by atoms with E-state index in [1.165, 1.54) is 21.9 Å². The number of hydrogen-bond donors (Lipinski definition) is 1. The Morgan fingerprint density at radius 3 is 2.47 bits per heavy atom. The van der Waals surface area contributed by atoms with E-state index >= 15 is 0 Å². The molecule has 2 nitrogen and oxygen atoms in total. The van der Waals surface area contributed by atoms with E-state index in [9.17, 15) is 0 Å². The maximum absolute atomic E-state index is 4.51. The smallest absolute Gasteiger partial charge is 0.0681 e. The number of nitrogens with one attached hydrogen (secondary N) is 1. The number of aromatic nitrogens is 2. The average Bonchev–Trinajstić information content (AvgIpc) is 2.58. The number of fused-ring (bicyclic) bond motifs is 3. The molecule has 0 amide bonds. The molecule has 1 aromatic carbocycles. The van der Waals surface area contributed by atoms with Crippen LogP contribution >= 0.6 is 15.9 Å². The van der Waals surface area contributed by atoms with E-state index in [4.69, 9.17) is 0 Å². The highest BCUT2D eigenvalue weighted by atomic mass is 79.9. The van der Waals surface area contributed by atoms with Gasteiger partial charge < -0.3 is 4.98 Å². The Labute approximate surface area is 108 Å². The van der Waals surface area contributed by atoms with Gasteiger partial charge in [-0.15, -0.1) is 0 Å². The molecule has 0 atom stereocenters. The van der Waals surface area contributed by atoms with E-state index in [1.807, 2.05) is 6.92 Å². The molecular weight excluding hydrogens is 276 g/mol. The van der Waals surface area contributed by atoms with Crippen LogP contribution in [0.3, 0.4) is 0 Å². The molecular formula is C14H13BrN2. The second-order valence-electron chi connectivity index (χ2n) is 4.54. The molecule has 0 fully saturated rings. The molecule has 0 unspecified atom stereocenters. The third-order valence-electron chi connectivity index (χ3n) is 3.17. The molecule has 0 aliphatic heterocycles. The number of aryl methyl sites for hydroxylation is 3. The van der Waals surface area contributed by atoms with Crippen LogP contribution in [0.25, 0.3) is 21.8 Å². The van der Waals surface area contributed by atoms with Crippen LogP contribution in [0.15, 0.2) is 22.7 Å². The monoisotopic (exact) mass is 288 g/mol. The van der Waals surface area contributed by atoms with Crippen molar-refractivity contribution in [1.82, 2.24) is 9.97 Å². The van der Waals surface area contributed by atoms with Crippen molar-refractivity contribution in [3.05, 3.63) is 39.6 Å². The first-order valence-electron chi connectivity index (χ1n) is 5.62. The summed E-state index contributed by atoms with van der Waals surface area (Å²) >= 11 is 3.56. The molecule has 17 heavy (non-hydrogen) atoms. The Morgan fingerprint density at radius 2 is 1.71 bits per heavy atom. The van der Waals surface area contributed by atoms with Crippen LogP contribution in [0.5, 0.6) is 0 Å². The number of nitrogens with zero attached hydrogens (tertiary/aromatic N) is 1. The molecule has 0 saturated heterocycles. The standard InChI is InChI=1S/C14H13BrN2/c1-7-4-10(15)6-12-11-5-8(2)16-9(3)14(11)17-13(7)12/h4-6,17H,1-3H3. The number of benzene rings is 1. The first-order chi connectivity index (χ1) is 8.06. The Bertz CT molecular complexity index is 679. The van der Waals surface area contributed by atoms with Gasteiger partial charge in [0, 0.05) is 26.5 Å². The van der Waals surface area contributed by atoms with Crippen LogP contribution < -0.4 is 0 Å². The fraction of sp³-hybridized carbons (Fsp3) is 0.214. The Kier molecular flexibility index (Phi) is 2.26. The molecule has 1 N–H and O–H groups in total. The fourth-order valence-corrected chi connectivity index (χ4v) is 3.02. The van der Waals surface area contributed by atoms with E-state index in [2.05, 4.69) is 57.9 Å². The van der Waals surface area contributed by atoms with Crippen molar-refractivity contribution in [2.75, 3.05) is 0 Å². The zero-order valence-electron chi connectivity index (χ0n) is 10.1. The lowest BCUT2D eigenvalue weighted by molar-refractivity contribution is 1.14. The first kappa shape index (κ1) is 10.8. The summed E-state index contributed by atoms with van der Waals surface area (Å²) in [6, 6.07) is 6.44. The zero-order chi connectivity index (χ0) is 12.2. The van der Waals surface area contributed by atoms with Gasteiger partial charge in [0.25, 0.3) is 0 Å². The number of pyridine rings is 1. The van der Waals surface area contributed by atoms with Crippen LogP contribution in [-0.2, 0) is 0 Å². The third kappa shape index (κ3) is 1.57. The summed E-state index contributed by atoms with van der Waals surface area (Å²) in [6.45, 7) is 6.21. The summed E-state index contributed by atoms with van der Waals surface area (Å²) in [4.78, 5) is 7.99. The quantitative estimate of drug-likeness (QED) is 0.652. The molecule has 2 aromatic heterocycles. The summed E-state index contributed by atoms with van der Waals surface area (Å²) < 4.78 is 1.12. The van der Waals surface area contributed by atoms with Gasteiger partial charge in [0.05, 0.1) is 11.2 Å². The maximum atomic E-state index is 4.51. The van der Waals surface area contributed by atoms with Gasteiger partial charge in [-0.05, 0) is 44.5 Å². The highest BCUT2D eigenvalue weighted by Gasteiger charge is 2.10. The predicted molar refractivity (Wildman–Crippen MR) is 75.5 cm³/mol. The minimum Gasteiger partial charge on any atom is -0.353 e. The third-order valence-corrected chi connectivity index (χ3v) is 3.63. The zero-order valence-corrected chi connectivity index (χ0v) is 11.6. The fourth-order valence-electron chi connectivity index (χ4n) is 2.45. The van der Waals surface area contributed by atoms with Gasteiger partial charge in [-0.2, -0.15) is 0 Å². The van der Waals surface area contributed by atoms with E-state index in [0.717, 1.165) is 21.4 Å². The van der Waals surface area contributed by atoms with Crippen LogP contribution in [0.1, 0.15) is 17.0 Å². The van der Waals surface area contributed by atoms with E-state index in [-0.39, 0.29) is 0 Å². The number of hydrogen-bond acceptors (Lipinski definition) is 1. The van der Waals surface area contributed by atoms with Gasteiger partial charge in [-0.1, -0.05) is 15.9 Å². The number of aromatic amines is 1. The summed E-state index contributed by atoms with van der Waals surface area (Å²) in [5.74, 6) is 0. The summed E-state index contributed by atoms with van der Waals surface area (Å²) in [7, 11) is 0. The Hall–Kier alpha value is -1.35. The molecule has 86 valence electrons. The lowest BCUT2D eigenvalue weighted by atomic mass is 10.1. The van der Waals surface area contributed by atoms with Crippen molar-refractivity contribution in [2.24, 2.45) is 0 Å².